The highest BCUT2D eigenvalue weighted by atomic mass is 32.2. The Morgan fingerprint density at radius 1 is 1.29 bits per heavy atom. The summed E-state index contributed by atoms with van der Waals surface area (Å²) >= 11 is 1.97. The van der Waals surface area contributed by atoms with E-state index in [-0.39, 0.29) is 0 Å². The first-order chi connectivity index (χ1) is 6.75. The number of anilines is 1. The van der Waals surface area contributed by atoms with E-state index in [1.807, 2.05) is 11.8 Å². The molecule has 0 fully saturated rings. The second kappa shape index (κ2) is 5.97. The number of rotatable bonds is 5. The van der Waals surface area contributed by atoms with E-state index in [1.54, 1.807) is 0 Å². The summed E-state index contributed by atoms with van der Waals surface area (Å²) in [5.74, 6) is 2.39. The molecule has 0 heterocycles. The largest absolute Gasteiger partial charge is 0.384 e. The van der Waals surface area contributed by atoms with E-state index < -0.39 is 0 Å². The predicted molar refractivity (Wildman–Crippen MR) is 67.4 cm³/mol. The number of thioether (sulfide) groups is 1. The van der Waals surface area contributed by atoms with Gasteiger partial charge in [0.05, 0.1) is 0 Å². The van der Waals surface area contributed by atoms with Gasteiger partial charge < -0.3 is 5.32 Å². The molecular formula is C12H19NS. The van der Waals surface area contributed by atoms with E-state index in [0.717, 1.165) is 6.54 Å². The normalized spacial score (nSPS) is 10.2. The van der Waals surface area contributed by atoms with Crippen molar-refractivity contribution in [1.82, 2.24) is 0 Å². The van der Waals surface area contributed by atoms with E-state index in [4.69, 9.17) is 0 Å². The zero-order valence-corrected chi connectivity index (χ0v) is 10.1. The third-order valence-electron chi connectivity index (χ3n) is 2.37. The van der Waals surface area contributed by atoms with Crippen LogP contribution in [0.1, 0.15) is 18.1 Å². The highest BCUT2D eigenvalue weighted by Gasteiger charge is 1.98. The minimum absolute atomic E-state index is 1.06. The van der Waals surface area contributed by atoms with Crippen LogP contribution in [0.25, 0.3) is 0 Å². The summed E-state index contributed by atoms with van der Waals surface area (Å²) in [5.41, 5.74) is 4.01. The summed E-state index contributed by atoms with van der Waals surface area (Å²) in [5, 5.41) is 3.47. The van der Waals surface area contributed by atoms with Crippen molar-refractivity contribution in [3.8, 4) is 0 Å². The molecule has 1 aromatic rings. The molecular weight excluding hydrogens is 190 g/mol. The predicted octanol–water partition coefficient (Wildman–Crippen LogP) is 3.47. The van der Waals surface area contributed by atoms with E-state index >= 15 is 0 Å². The molecule has 0 unspecified atom stereocenters. The van der Waals surface area contributed by atoms with Crippen molar-refractivity contribution in [3.63, 3.8) is 0 Å². The first-order valence-electron chi connectivity index (χ1n) is 5.13. The number of nitrogens with one attached hydrogen (secondary N) is 1. The van der Waals surface area contributed by atoms with E-state index in [2.05, 4.69) is 44.3 Å². The molecule has 0 atom stereocenters. The fourth-order valence-corrected chi connectivity index (χ4v) is 1.88. The second-order valence-corrected chi connectivity index (χ2v) is 4.77. The van der Waals surface area contributed by atoms with Gasteiger partial charge in [-0.15, -0.1) is 0 Å². The molecule has 14 heavy (non-hydrogen) atoms. The van der Waals surface area contributed by atoms with Gasteiger partial charge in [0.25, 0.3) is 0 Å². The molecule has 1 rings (SSSR count). The van der Waals surface area contributed by atoms with Gasteiger partial charge in [-0.05, 0) is 36.8 Å². The van der Waals surface area contributed by atoms with Crippen LogP contribution in [0.2, 0.25) is 0 Å². The van der Waals surface area contributed by atoms with Gasteiger partial charge in [-0.2, -0.15) is 11.8 Å². The Hall–Kier alpha value is -0.630. The molecule has 2 heteroatoms. The van der Waals surface area contributed by atoms with E-state index in [1.165, 1.54) is 28.3 Å². The van der Waals surface area contributed by atoms with Crippen LogP contribution in [0.3, 0.4) is 0 Å². The van der Waals surface area contributed by atoms with Crippen molar-refractivity contribution in [1.29, 1.82) is 0 Å². The van der Waals surface area contributed by atoms with Gasteiger partial charge in [-0.25, -0.2) is 0 Å². The summed E-state index contributed by atoms with van der Waals surface area (Å²) in [6.07, 6.45) is 0. The lowest BCUT2D eigenvalue weighted by Gasteiger charge is -2.10. The van der Waals surface area contributed by atoms with Gasteiger partial charge in [0.1, 0.15) is 0 Å². The molecule has 1 N–H and O–H groups in total. The highest BCUT2D eigenvalue weighted by Crippen LogP contribution is 2.17. The van der Waals surface area contributed by atoms with Crippen LogP contribution in [0.15, 0.2) is 18.2 Å². The summed E-state index contributed by atoms with van der Waals surface area (Å²) in [7, 11) is 0. The van der Waals surface area contributed by atoms with Crippen LogP contribution < -0.4 is 5.32 Å². The van der Waals surface area contributed by atoms with Crippen molar-refractivity contribution >= 4 is 17.4 Å². The van der Waals surface area contributed by atoms with Crippen molar-refractivity contribution in [2.24, 2.45) is 0 Å². The summed E-state index contributed by atoms with van der Waals surface area (Å²) in [6.45, 7) is 7.58. The molecule has 1 nitrogen and oxygen atoms in total. The Morgan fingerprint density at radius 2 is 2.07 bits per heavy atom. The molecule has 0 spiro atoms. The lowest BCUT2D eigenvalue weighted by Crippen LogP contribution is -2.05. The lowest BCUT2D eigenvalue weighted by atomic mass is 10.1. The van der Waals surface area contributed by atoms with Gasteiger partial charge in [-0.1, -0.05) is 19.1 Å². The standard InChI is InChI=1S/C12H19NS/c1-4-14-9-8-13-12-7-5-6-10(2)11(12)3/h5-7,13H,4,8-9H2,1-3H3. The summed E-state index contributed by atoms with van der Waals surface area (Å²) in [6, 6.07) is 6.41. The summed E-state index contributed by atoms with van der Waals surface area (Å²) < 4.78 is 0. The third kappa shape index (κ3) is 3.26. The van der Waals surface area contributed by atoms with Crippen LogP contribution in [0.4, 0.5) is 5.69 Å². The first kappa shape index (κ1) is 11.4. The average Bonchev–Trinajstić information content (AvgIpc) is 2.19. The van der Waals surface area contributed by atoms with E-state index in [0.29, 0.717) is 0 Å². The first-order valence-corrected chi connectivity index (χ1v) is 6.29. The van der Waals surface area contributed by atoms with Crippen LogP contribution >= 0.6 is 11.8 Å². The molecule has 1 aromatic carbocycles. The molecule has 0 radical (unpaired) electrons. The van der Waals surface area contributed by atoms with Crippen LogP contribution in [-0.2, 0) is 0 Å². The Morgan fingerprint density at radius 3 is 2.79 bits per heavy atom. The molecule has 0 saturated carbocycles. The Labute approximate surface area is 91.3 Å². The minimum Gasteiger partial charge on any atom is -0.384 e. The lowest BCUT2D eigenvalue weighted by molar-refractivity contribution is 1.20. The molecule has 0 aromatic heterocycles. The monoisotopic (exact) mass is 209 g/mol. The van der Waals surface area contributed by atoms with E-state index in [9.17, 15) is 0 Å². The summed E-state index contributed by atoms with van der Waals surface area (Å²) in [4.78, 5) is 0. The van der Waals surface area contributed by atoms with Gasteiger partial charge >= 0.3 is 0 Å². The molecule has 0 aliphatic rings. The zero-order valence-electron chi connectivity index (χ0n) is 9.26. The van der Waals surface area contributed by atoms with Crippen molar-refractivity contribution in [2.75, 3.05) is 23.4 Å². The van der Waals surface area contributed by atoms with Crippen molar-refractivity contribution in [2.45, 2.75) is 20.8 Å². The number of benzene rings is 1. The zero-order chi connectivity index (χ0) is 10.4. The molecule has 78 valence electrons. The topological polar surface area (TPSA) is 12.0 Å². The van der Waals surface area contributed by atoms with Crippen LogP contribution in [-0.4, -0.2) is 18.1 Å². The Bertz CT molecular complexity index is 284. The fraction of sp³-hybridized carbons (Fsp3) is 0.500. The quantitative estimate of drug-likeness (QED) is 0.745. The maximum Gasteiger partial charge on any atom is 0.0372 e. The Balaban J connectivity index is 2.46. The SMILES string of the molecule is CCSCCNc1cccc(C)c1C. The van der Waals surface area contributed by atoms with Crippen LogP contribution in [0.5, 0.6) is 0 Å². The van der Waals surface area contributed by atoms with Gasteiger partial charge in [0, 0.05) is 18.0 Å². The maximum absolute atomic E-state index is 3.47. The second-order valence-electron chi connectivity index (χ2n) is 3.37. The molecule has 0 amide bonds. The number of hydrogen-bond donors (Lipinski definition) is 1. The van der Waals surface area contributed by atoms with Crippen LogP contribution in [0, 0.1) is 13.8 Å². The van der Waals surface area contributed by atoms with Crippen molar-refractivity contribution < 1.29 is 0 Å². The van der Waals surface area contributed by atoms with Gasteiger partial charge in [0.2, 0.25) is 0 Å². The molecule has 0 bridgehead atoms. The third-order valence-corrected chi connectivity index (χ3v) is 3.27. The highest BCUT2D eigenvalue weighted by molar-refractivity contribution is 7.99. The minimum atomic E-state index is 1.06. The molecule has 0 aliphatic heterocycles. The smallest absolute Gasteiger partial charge is 0.0372 e. The number of aryl methyl sites for hydroxylation is 1. The van der Waals surface area contributed by atoms with Gasteiger partial charge in [-0.3, -0.25) is 0 Å². The molecule has 0 saturated heterocycles. The van der Waals surface area contributed by atoms with Crippen molar-refractivity contribution in [3.05, 3.63) is 29.3 Å². The molecule has 0 aliphatic carbocycles. The number of hydrogen-bond acceptors (Lipinski definition) is 2. The average molecular weight is 209 g/mol. The maximum atomic E-state index is 3.47. The Kier molecular flexibility index (Phi) is 4.88. The van der Waals surface area contributed by atoms with Gasteiger partial charge in [0.15, 0.2) is 0 Å². The fourth-order valence-electron chi connectivity index (χ4n) is 1.34.